The molecule has 1 aromatic rings. The van der Waals surface area contributed by atoms with Gasteiger partial charge in [-0.3, -0.25) is 4.79 Å². The van der Waals surface area contributed by atoms with Gasteiger partial charge in [0.2, 0.25) is 0 Å². The van der Waals surface area contributed by atoms with E-state index >= 15 is 0 Å². The molecule has 0 heterocycles. The molecule has 0 spiro atoms. The van der Waals surface area contributed by atoms with Crippen molar-refractivity contribution in [2.75, 3.05) is 0 Å². The number of carboxylic acid groups (broad SMARTS) is 1. The second-order valence-electron chi connectivity index (χ2n) is 4.14. The molecule has 1 N–H and O–H groups in total. The minimum atomic E-state index is -0.738. The van der Waals surface area contributed by atoms with Crippen LogP contribution in [0.25, 0.3) is 0 Å². The van der Waals surface area contributed by atoms with Crippen molar-refractivity contribution in [1.29, 1.82) is 0 Å². The Labute approximate surface area is 109 Å². The topological polar surface area (TPSA) is 37.3 Å². The van der Waals surface area contributed by atoms with Crippen molar-refractivity contribution in [3.63, 3.8) is 0 Å². The fourth-order valence-electron chi connectivity index (χ4n) is 1.61. The van der Waals surface area contributed by atoms with Crippen molar-refractivity contribution in [1.82, 2.24) is 0 Å². The summed E-state index contributed by atoms with van der Waals surface area (Å²) in [5.41, 5.74) is 1.36. The first-order chi connectivity index (χ1) is 8.79. The van der Waals surface area contributed by atoms with E-state index in [0.717, 1.165) is 19.3 Å². The lowest BCUT2D eigenvalue weighted by Gasteiger charge is -1.95. The molecule has 0 aromatic heterocycles. The average Bonchev–Trinajstić information content (AvgIpc) is 2.37. The Morgan fingerprint density at radius 3 is 2.33 bits per heavy atom. The Kier molecular flexibility index (Phi) is 7.29. The molecule has 0 radical (unpaired) electrons. The third-order valence-electron chi connectivity index (χ3n) is 2.57. The van der Waals surface area contributed by atoms with Crippen LogP contribution in [-0.4, -0.2) is 11.1 Å². The summed E-state index contributed by atoms with van der Waals surface area (Å²) in [5, 5.41) is 8.45. The van der Waals surface area contributed by atoms with E-state index < -0.39 is 5.97 Å². The summed E-state index contributed by atoms with van der Waals surface area (Å²) < 4.78 is 0. The monoisotopic (exact) mass is 244 g/mol. The number of hydrogen-bond acceptors (Lipinski definition) is 1. The molecule has 1 rings (SSSR count). The molecule has 2 nitrogen and oxygen atoms in total. The van der Waals surface area contributed by atoms with Gasteiger partial charge in [-0.05, 0) is 31.2 Å². The molecule has 0 amide bonds. The Morgan fingerprint density at radius 2 is 1.67 bits per heavy atom. The first-order valence-electron chi connectivity index (χ1n) is 6.35. The summed E-state index contributed by atoms with van der Waals surface area (Å²) in [7, 11) is 0. The van der Waals surface area contributed by atoms with Crippen LogP contribution >= 0.6 is 0 Å². The number of carbonyl (C=O) groups is 1. The Morgan fingerprint density at radius 1 is 1.00 bits per heavy atom. The van der Waals surface area contributed by atoms with Gasteiger partial charge in [-0.2, -0.15) is 0 Å². The molecule has 2 heteroatoms. The Bertz CT molecular complexity index is 391. The summed E-state index contributed by atoms with van der Waals surface area (Å²) in [6.45, 7) is 0. The van der Waals surface area contributed by atoms with E-state index in [1.165, 1.54) is 5.56 Å². The summed E-state index contributed by atoms with van der Waals surface area (Å²) in [6, 6.07) is 10.4. The first kappa shape index (κ1) is 14.2. The van der Waals surface area contributed by atoms with Crippen molar-refractivity contribution in [2.24, 2.45) is 0 Å². The van der Waals surface area contributed by atoms with E-state index in [1.54, 1.807) is 0 Å². The number of aryl methyl sites for hydroxylation is 1. The molecule has 0 aliphatic heterocycles. The predicted octanol–water partition coefficient (Wildman–Crippen LogP) is 3.99. The Balaban J connectivity index is 2.06. The zero-order valence-corrected chi connectivity index (χ0v) is 10.6. The highest BCUT2D eigenvalue weighted by molar-refractivity contribution is 5.66. The quantitative estimate of drug-likeness (QED) is 0.702. The summed E-state index contributed by atoms with van der Waals surface area (Å²) in [4.78, 5) is 10.3. The zero-order chi connectivity index (χ0) is 13.1. The molecule has 0 aliphatic rings. The van der Waals surface area contributed by atoms with Gasteiger partial charge in [0.25, 0.3) is 0 Å². The van der Waals surface area contributed by atoms with E-state index in [-0.39, 0.29) is 6.42 Å². The van der Waals surface area contributed by atoms with E-state index in [1.807, 2.05) is 18.2 Å². The Hall–Kier alpha value is -1.83. The van der Waals surface area contributed by atoms with Crippen molar-refractivity contribution in [3.05, 3.63) is 60.2 Å². The van der Waals surface area contributed by atoms with Crippen molar-refractivity contribution < 1.29 is 9.90 Å². The highest BCUT2D eigenvalue weighted by atomic mass is 16.4. The fraction of sp³-hybridized carbons (Fsp3) is 0.312. The maximum absolute atomic E-state index is 10.3. The molecular weight excluding hydrogens is 224 g/mol. The van der Waals surface area contributed by atoms with E-state index in [0.29, 0.717) is 6.42 Å². The van der Waals surface area contributed by atoms with Gasteiger partial charge in [-0.1, -0.05) is 54.6 Å². The van der Waals surface area contributed by atoms with Crippen LogP contribution < -0.4 is 0 Å². The molecule has 0 atom stereocenters. The number of carboxylic acids is 1. The van der Waals surface area contributed by atoms with Crippen LogP contribution in [0.3, 0.4) is 0 Å². The molecule has 96 valence electrons. The number of benzene rings is 1. The van der Waals surface area contributed by atoms with Crippen LogP contribution in [0.2, 0.25) is 0 Å². The highest BCUT2D eigenvalue weighted by Crippen LogP contribution is 2.03. The van der Waals surface area contributed by atoms with Gasteiger partial charge < -0.3 is 5.11 Å². The minimum absolute atomic E-state index is 0.216. The van der Waals surface area contributed by atoms with Gasteiger partial charge in [0.1, 0.15) is 0 Å². The molecule has 0 saturated heterocycles. The molecule has 0 bridgehead atoms. The average molecular weight is 244 g/mol. The number of aliphatic carboxylic acids is 1. The van der Waals surface area contributed by atoms with Gasteiger partial charge in [0.15, 0.2) is 0 Å². The number of hydrogen-bond donors (Lipinski definition) is 1. The zero-order valence-electron chi connectivity index (χ0n) is 10.6. The highest BCUT2D eigenvalue weighted by Gasteiger charge is 1.91. The molecule has 1 aromatic carbocycles. The SMILES string of the molecule is O=C(O)CC/C=C\C/C=C\CCc1ccccc1. The summed E-state index contributed by atoms with van der Waals surface area (Å²) in [5.74, 6) is -0.738. The molecule has 0 fully saturated rings. The van der Waals surface area contributed by atoms with Gasteiger partial charge >= 0.3 is 5.97 Å². The third-order valence-corrected chi connectivity index (χ3v) is 2.57. The van der Waals surface area contributed by atoms with Crippen LogP contribution in [0.1, 0.15) is 31.2 Å². The fourth-order valence-corrected chi connectivity index (χ4v) is 1.61. The first-order valence-corrected chi connectivity index (χ1v) is 6.35. The van der Waals surface area contributed by atoms with Crippen molar-refractivity contribution in [3.8, 4) is 0 Å². The largest absolute Gasteiger partial charge is 0.481 e. The van der Waals surface area contributed by atoms with E-state index in [2.05, 4.69) is 36.4 Å². The lowest BCUT2D eigenvalue weighted by atomic mass is 10.1. The lowest BCUT2D eigenvalue weighted by Crippen LogP contribution is -1.91. The van der Waals surface area contributed by atoms with E-state index in [4.69, 9.17) is 5.11 Å². The smallest absolute Gasteiger partial charge is 0.303 e. The second-order valence-corrected chi connectivity index (χ2v) is 4.14. The van der Waals surface area contributed by atoms with Crippen molar-refractivity contribution >= 4 is 5.97 Å². The maximum Gasteiger partial charge on any atom is 0.303 e. The normalized spacial score (nSPS) is 11.3. The molecule has 18 heavy (non-hydrogen) atoms. The molecule has 0 aliphatic carbocycles. The van der Waals surface area contributed by atoms with Crippen LogP contribution in [-0.2, 0) is 11.2 Å². The maximum atomic E-state index is 10.3. The van der Waals surface area contributed by atoms with Gasteiger partial charge in [-0.25, -0.2) is 0 Å². The van der Waals surface area contributed by atoms with Crippen LogP contribution in [0.4, 0.5) is 0 Å². The summed E-state index contributed by atoms with van der Waals surface area (Å²) in [6.07, 6.45) is 12.1. The van der Waals surface area contributed by atoms with Crippen LogP contribution in [0.15, 0.2) is 54.6 Å². The summed E-state index contributed by atoms with van der Waals surface area (Å²) >= 11 is 0. The van der Waals surface area contributed by atoms with Crippen molar-refractivity contribution in [2.45, 2.75) is 32.1 Å². The predicted molar refractivity (Wildman–Crippen MR) is 74.5 cm³/mol. The molecule has 0 saturated carbocycles. The second kappa shape index (κ2) is 9.23. The number of rotatable bonds is 8. The van der Waals surface area contributed by atoms with Gasteiger partial charge in [-0.15, -0.1) is 0 Å². The van der Waals surface area contributed by atoms with Gasteiger partial charge in [0, 0.05) is 6.42 Å². The third kappa shape index (κ3) is 7.44. The standard InChI is InChI=1S/C16H20O2/c17-16(18)14-10-5-3-1-2-4-7-11-15-12-8-6-9-13-15/h2-6,8-9,12-13H,1,7,10-11,14H2,(H,17,18)/b4-2-,5-3-. The number of allylic oxidation sites excluding steroid dienone is 4. The molecular formula is C16H20O2. The minimum Gasteiger partial charge on any atom is -0.481 e. The van der Waals surface area contributed by atoms with Crippen LogP contribution in [0.5, 0.6) is 0 Å². The van der Waals surface area contributed by atoms with Gasteiger partial charge in [0.05, 0.1) is 0 Å². The van der Waals surface area contributed by atoms with Crippen LogP contribution in [0, 0.1) is 0 Å². The van der Waals surface area contributed by atoms with E-state index in [9.17, 15) is 4.79 Å². The lowest BCUT2D eigenvalue weighted by molar-refractivity contribution is -0.136. The molecule has 0 unspecified atom stereocenters.